The molecule has 0 aliphatic carbocycles. The van der Waals surface area contributed by atoms with E-state index >= 15 is 0 Å². The van der Waals surface area contributed by atoms with Crippen LogP contribution in [0.4, 0.5) is 5.82 Å². The number of aryl methyl sites for hydroxylation is 1. The Bertz CT molecular complexity index is 1360. The van der Waals surface area contributed by atoms with Crippen molar-refractivity contribution < 1.29 is 8.42 Å². The van der Waals surface area contributed by atoms with E-state index < -0.39 is 10.0 Å². The molecule has 4 aromatic rings. The molecule has 0 spiro atoms. The van der Waals surface area contributed by atoms with E-state index in [1.807, 2.05) is 43.3 Å². The summed E-state index contributed by atoms with van der Waals surface area (Å²) in [6.45, 7) is 3.88. The molecule has 0 amide bonds. The molecule has 32 heavy (non-hydrogen) atoms. The number of nitrogens with zero attached hydrogens (tertiary/aromatic N) is 4. The van der Waals surface area contributed by atoms with Crippen molar-refractivity contribution in [1.29, 1.82) is 0 Å². The Labute approximate surface area is 196 Å². The van der Waals surface area contributed by atoms with Gasteiger partial charge >= 0.3 is 0 Å². The van der Waals surface area contributed by atoms with Gasteiger partial charge in [-0.15, -0.1) is 11.3 Å². The molecule has 1 saturated heterocycles. The second-order valence-corrected chi connectivity index (χ2v) is 11.0. The molecule has 1 fully saturated rings. The van der Waals surface area contributed by atoms with Gasteiger partial charge in [0.05, 0.1) is 10.3 Å². The van der Waals surface area contributed by atoms with Crippen LogP contribution in [0.2, 0.25) is 5.02 Å². The predicted octanol–water partition coefficient (Wildman–Crippen LogP) is 4.83. The maximum atomic E-state index is 13.1. The maximum Gasteiger partial charge on any atom is 0.243 e. The Balaban J connectivity index is 1.42. The number of thiophene rings is 1. The van der Waals surface area contributed by atoms with Gasteiger partial charge in [0.2, 0.25) is 10.0 Å². The molecule has 1 aliphatic heterocycles. The third-order valence-electron chi connectivity index (χ3n) is 5.70. The lowest BCUT2D eigenvalue weighted by molar-refractivity contribution is 0.384. The summed E-state index contributed by atoms with van der Waals surface area (Å²) in [5.41, 5.74) is 3.15. The van der Waals surface area contributed by atoms with Gasteiger partial charge in [0, 0.05) is 42.1 Å². The zero-order valence-corrected chi connectivity index (χ0v) is 19.8. The summed E-state index contributed by atoms with van der Waals surface area (Å²) in [6.07, 6.45) is 1.58. The Morgan fingerprint density at radius 2 is 1.62 bits per heavy atom. The highest BCUT2D eigenvalue weighted by molar-refractivity contribution is 7.89. The monoisotopic (exact) mass is 484 g/mol. The van der Waals surface area contributed by atoms with Gasteiger partial charge in [-0.2, -0.15) is 4.31 Å². The number of sulfonamides is 1. The van der Waals surface area contributed by atoms with Gasteiger partial charge in [-0.05, 0) is 36.8 Å². The van der Waals surface area contributed by atoms with E-state index in [0.717, 1.165) is 32.7 Å². The fourth-order valence-corrected chi connectivity index (χ4v) is 6.40. The topological polar surface area (TPSA) is 66.4 Å². The van der Waals surface area contributed by atoms with Crippen molar-refractivity contribution in [3.8, 4) is 11.1 Å². The molecular weight excluding hydrogens is 464 g/mol. The number of halogens is 1. The number of benzene rings is 2. The lowest BCUT2D eigenvalue weighted by Crippen LogP contribution is -2.49. The van der Waals surface area contributed by atoms with Crippen molar-refractivity contribution >= 4 is 49.0 Å². The highest BCUT2D eigenvalue weighted by Crippen LogP contribution is 2.38. The molecule has 5 rings (SSSR count). The quantitative estimate of drug-likeness (QED) is 0.415. The van der Waals surface area contributed by atoms with Crippen LogP contribution < -0.4 is 4.90 Å². The first-order valence-electron chi connectivity index (χ1n) is 10.2. The van der Waals surface area contributed by atoms with Crippen molar-refractivity contribution in [2.75, 3.05) is 31.1 Å². The normalized spacial score (nSPS) is 15.4. The van der Waals surface area contributed by atoms with Crippen molar-refractivity contribution in [3.05, 3.63) is 70.8 Å². The summed E-state index contributed by atoms with van der Waals surface area (Å²) in [6, 6.07) is 14.7. The third kappa shape index (κ3) is 3.88. The molecule has 0 atom stereocenters. The van der Waals surface area contributed by atoms with Gasteiger partial charge in [0.1, 0.15) is 17.0 Å². The van der Waals surface area contributed by atoms with E-state index in [1.54, 1.807) is 34.1 Å². The number of piperazine rings is 1. The second-order valence-electron chi connectivity index (χ2n) is 7.74. The van der Waals surface area contributed by atoms with E-state index in [2.05, 4.69) is 20.2 Å². The molecule has 2 aromatic heterocycles. The molecule has 0 saturated carbocycles. The molecule has 0 radical (unpaired) electrons. The molecule has 0 N–H and O–H groups in total. The SMILES string of the molecule is Cc1ccc(S(=O)(=O)N2CCN(c3ncnc4scc(-c5ccc(Cl)cc5)c34)CC2)cc1. The lowest BCUT2D eigenvalue weighted by atomic mass is 10.1. The minimum Gasteiger partial charge on any atom is -0.353 e. The standard InChI is InChI=1S/C23H21ClN4O2S2/c1-16-2-8-19(9-3-16)32(29,30)28-12-10-27(11-13-28)22-21-20(14-31-23(21)26-15-25-22)17-4-6-18(24)7-5-17/h2-9,14-15H,10-13H2,1H3. The summed E-state index contributed by atoms with van der Waals surface area (Å²) >= 11 is 7.64. The van der Waals surface area contributed by atoms with Crippen LogP contribution in [-0.2, 0) is 10.0 Å². The van der Waals surface area contributed by atoms with Crippen molar-refractivity contribution in [3.63, 3.8) is 0 Å². The zero-order chi connectivity index (χ0) is 22.3. The molecule has 3 heterocycles. The summed E-state index contributed by atoms with van der Waals surface area (Å²) in [4.78, 5) is 12.4. The minimum absolute atomic E-state index is 0.337. The van der Waals surface area contributed by atoms with Gasteiger partial charge in [-0.3, -0.25) is 0 Å². The summed E-state index contributed by atoms with van der Waals surface area (Å²) in [7, 11) is -3.51. The molecule has 9 heteroatoms. The average Bonchev–Trinajstić information content (AvgIpc) is 3.24. The molecule has 6 nitrogen and oxygen atoms in total. The third-order valence-corrected chi connectivity index (χ3v) is 8.75. The number of fused-ring (bicyclic) bond motifs is 1. The van der Waals surface area contributed by atoms with Gasteiger partial charge in [-0.25, -0.2) is 18.4 Å². The van der Waals surface area contributed by atoms with Gasteiger partial charge < -0.3 is 4.90 Å². The van der Waals surface area contributed by atoms with Crippen molar-refractivity contribution in [2.24, 2.45) is 0 Å². The zero-order valence-electron chi connectivity index (χ0n) is 17.4. The molecule has 0 bridgehead atoms. The van der Waals surface area contributed by atoms with E-state index in [9.17, 15) is 8.42 Å². The first kappa shape index (κ1) is 21.3. The fourth-order valence-electron chi connectivity index (χ4n) is 3.94. The maximum absolute atomic E-state index is 13.1. The van der Waals surface area contributed by atoms with Crippen molar-refractivity contribution in [2.45, 2.75) is 11.8 Å². The van der Waals surface area contributed by atoms with Crippen LogP contribution in [0.3, 0.4) is 0 Å². The Kier molecular flexibility index (Phi) is 5.63. The van der Waals surface area contributed by atoms with Crippen LogP contribution in [0.1, 0.15) is 5.56 Å². The average molecular weight is 485 g/mol. The van der Waals surface area contributed by atoms with Gasteiger partial charge in [-0.1, -0.05) is 41.4 Å². The number of aromatic nitrogens is 2. The predicted molar refractivity (Wildman–Crippen MR) is 130 cm³/mol. The van der Waals surface area contributed by atoms with E-state index in [-0.39, 0.29) is 0 Å². The molecular formula is C23H21ClN4O2S2. The molecule has 2 aromatic carbocycles. The first-order valence-corrected chi connectivity index (χ1v) is 12.9. The largest absolute Gasteiger partial charge is 0.353 e. The first-order chi connectivity index (χ1) is 15.4. The van der Waals surface area contributed by atoms with Crippen molar-refractivity contribution in [1.82, 2.24) is 14.3 Å². The van der Waals surface area contributed by atoms with Gasteiger partial charge in [0.25, 0.3) is 0 Å². The molecule has 1 aliphatic rings. The minimum atomic E-state index is -3.51. The number of hydrogen-bond acceptors (Lipinski definition) is 6. The molecule has 0 unspecified atom stereocenters. The van der Waals surface area contributed by atoms with Crippen LogP contribution in [0.15, 0.2) is 65.1 Å². The summed E-state index contributed by atoms with van der Waals surface area (Å²) in [5, 5.41) is 3.77. The number of hydrogen-bond donors (Lipinski definition) is 0. The highest BCUT2D eigenvalue weighted by atomic mass is 35.5. The highest BCUT2D eigenvalue weighted by Gasteiger charge is 2.30. The van der Waals surface area contributed by atoms with Crippen LogP contribution in [0.5, 0.6) is 0 Å². The second kappa shape index (κ2) is 8.44. The summed E-state index contributed by atoms with van der Waals surface area (Å²) in [5.74, 6) is 0.841. The number of anilines is 1. The lowest BCUT2D eigenvalue weighted by Gasteiger charge is -2.35. The Morgan fingerprint density at radius 1 is 0.938 bits per heavy atom. The van der Waals surface area contributed by atoms with E-state index in [4.69, 9.17) is 11.6 Å². The van der Waals surface area contributed by atoms with E-state index in [0.29, 0.717) is 36.1 Å². The fraction of sp³-hybridized carbons (Fsp3) is 0.217. The van der Waals surface area contributed by atoms with Crippen LogP contribution in [0, 0.1) is 6.92 Å². The number of rotatable bonds is 4. The van der Waals surface area contributed by atoms with Crippen LogP contribution in [0.25, 0.3) is 21.3 Å². The van der Waals surface area contributed by atoms with E-state index in [1.165, 1.54) is 0 Å². The van der Waals surface area contributed by atoms with Gasteiger partial charge in [0.15, 0.2) is 0 Å². The smallest absolute Gasteiger partial charge is 0.243 e. The van der Waals surface area contributed by atoms with Crippen LogP contribution >= 0.6 is 22.9 Å². The molecule has 164 valence electrons. The summed E-state index contributed by atoms with van der Waals surface area (Å²) < 4.78 is 27.7. The Morgan fingerprint density at radius 3 is 2.31 bits per heavy atom. The van der Waals surface area contributed by atoms with Crippen LogP contribution in [-0.4, -0.2) is 48.9 Å². The Hall–Kier alpha value is -2.52.